The molecule has 3 aromatic rings. The standard InChI is InChI=1S/C25H31N3OS/c1-29-23-18-9-8-17-22(23)28-24(21-15-6-3-7-16-21)26-27-25(28)30-19-11-10-14-20-12-4-2-5-13-20/h2,4-5,8-9,12-13,17-18,21H,3,6-7,10-11,14-16,19H2,1H3. The zero-order valence-electron chi connectivity index (χ0n) is 17.8. The topological polar surface area (TPSA) is 39.9 Å². The average Bonchev–Trinajstić information content (AvgIpc) is 3.23. The summed E-state index contributed by atoms with van der Waals surface area (Å²) in [7, 11) is 1.74. The third-order valence-corrected chi connectivity index (χ3v) is 6.90. The van der Waals surface area contributed by atoms with Crippen molar-refractivity contribution in [1.29, 1.82) is 0 Å². The van der Waals surface area contributed by atoms with Gasteiger partial charge in [0.15, 0.2) is 5.16 Å². The molecule has 2 aromatic carbocycles. The third kappa shape index (κ3) is 5.07. The molecular formula is C25H31N3OS. The monoisotopic (exact) mass is 421 g/mol. The zero-order valence-corrected chi connectivity index (χ0v) is 18.6. The van der Waals surface area contributed by atoms with Gasteiger partial charge in [-0.3, -0.25) is 4.57 Å². The molecule has 30 heavy (non-hydrogen) atoms. The lowest BCUT2D eigenvalue weighted by molar-refractivity contribution is 0.405. The number of para-hydroxylation sites is 2. The first-order valence-electron chi connectivity index (χ1n) is 11.1. The molecule has 0 atom stereocenters. The molecule has 0 unspecified atom stereocenters. The van der Waals surface area contributed by atoms with Gasteiger partial charge in [0.2, 0.25) is 0 Å². The van der Waals surface area contributed by atoms with Crippen molar-refractivity contribution in [1.82, 2.24) is 14.8 Å². The van der Waals surface area contributed by atoms with E-state index in [4.69, 9.17) is 4.74 Å². The van der Waals surface area contributed by atoms with Crippen LogP contribution in [-0.4, -0.2) is 27.6 Å². The fraction of sp³-hybridized carbons (Fsp3) is 0.440. The normalized spacial score (nSPS) is 14.7. The van der Waals surface area contributed by atoms with Crippen molar-refractivity contribution >= 4 is 11.8 Å². The van der Waals surface area contributed by atoms with Gasteiger partial charge in [0.05, 0.1) is 12.8 Å². The molecule has 0 radical (unpaired) electrons. The maximum Gasteiger partial charge on any atom is 0.195 e. The van der Waals surface area contributed by atoms with Gasteiger partial charge < -0.3 is 4.74 Å². The number of thioether (sulfide) groups is 1. The molecule has 0 bridgehead atoms. The maximum absolute atomic E-state index is 5.67. The van der Waals surface area contributed by atoms with Gasteiger partial charge in [-0.05, 0) is 49.8 Å². The van der Waals surface area contributed by atoms with E-state index in [1.165, 1.54) is 44.1 Å². The molecule has 1 aliphatic rings. The molecule has 0 amide bonds. The van der Waals surface area contributed by atoms with Gasteiger partial charge in [-0.25, -0.2) is 0 Å². The number of methoxy groups -OCH3 is 1. The average molecular weight is 422 g/mol. The third-order valence-electron chi connectivity index (χ3n) is 5.89. The summed E-state index contributed by atoms with van der Waals surface area (Å²) in [4.78, 5) is 0. The van der Waals surface area contributed by atoms with Crippen molar-refractivity contribution in [3.05, 3.63) is 66.0 Å². The predicted octanol–water partition coefficient (Wildman–Crippen LogP) is 6.44. The van der Waals surface area contributed by atoms with Crippen molar-refractivity contribution in [2.45, 2.75) is 62.4 Å². The number of benzene rings is 2. The Morgan fingerprint density at radius 2 is 1.70 bits per heavy atom. The Labute approximate surface area is 184 Å². The Morgan fingerprint density at radius 1 is 0.933 bits per heavy atom. The number of hydrogen-bond acceptors (Lipinski definition) is 4. The predicted molar refractivity (Wildman–Crippen MR) is 124 cm³/mol. The van der Waals surface area contributed by atoms with Crippen LogP contribution in [0.3, 0.4) is 0 Å². The van der Waals surface area contributed by atoms with Gasteiger partial charge >= 0.3 is 0 Å². The first kappa shape index (κ1) is 21.0. The fourth-order valence-corrected chi connectivity index (χ4v) is 5.23. The van der Waals surface area contributed by atoms with Crippen molar-refractivity contribution in [2.24, 2.45) is 0 Å². The van der Waals surface area contributed by atoms with Crippen LogP contribution in [0.4, 0.5) is 0 Å². The van der Waals surface area contributed by atoms with Gasteiger partial charge in [-0.2, -0.15) is 0 Å². The molecular weight excluding hydrogens is 390 g/mol. The molecule has 4 nitrogen and oxygen atoms in total. The number of aromatic nitrogens is 3. The SMILES string of the molecule is COc1ccccc1-n1c(SCCCCc2ccccc2)nnc1C1CCCCC1. The summed E-state index contributed by atoms with van der Waals surface area (Å²) in [6.45, 7) is 0. The van der Waals surface area contributed by atoms with Crippen LogP contribution in [0.15, 0.2) is 59.8 Å². The molecule has 1 saturated carbocycles. The molecule has 0 spiro atoms. The number of ether oxygens (including phenoxy) is 1. The second-order valence-electron chi connectivity index (χ2n) is 7.97. The van der Waals surface area contributed by atoms with Crippen LogP contribution in [0.5, 0.6) is 5.75 Å². The Balaban J connectivity index is 1.48. The van der Waals surface area contributed by atoms with E-state index < -0.39 is 0 Å². The lowest BCUT2D eigenvalue weighted by Crippen LogP contribution is -2.12. The van der Waals surface area contributed by atoms with Crippen molar-refractivity contribution in [3.63, 3.8) is 0 Å². The molecule has 0 aliphatic heterocycles. The van der Waals surface area contributed by atoms with Crippen molar-refractivity contribution < 1.29 is 4.74 Å². The Bertz CT molecular complexity index is 919. The van der Waals surface area contributed by atoms with E-state index in [2.05, 4.69) is 57.2 Å². The van der Waals surface area contributed by atoms with Crippen LogP contribution in [0.1, 0.15) is 62.3 Å². The van der Waals surface area contributed by atoms with Crippen LogP contribution in [0.25, 0.3) is 5.69 Å². The molecule has 0 N–H and O–H groups in total. The number of unbranched alkanes of at least 4 members (excludes halogenated alkanes) is 1. The van der Waals surface area contributed by atoms with Crippen molar-refractivity contribution in [3.8, 4) is 11.4 Å². The second kappa shape index (κ2) is 10.7. The second-order valence-corrected chi connectivity index (χ2v) is 9.04. The zero-order chi connectivity index (χ0) is 20.6. The first-order valence-corrected chi connectivity index (χ1v) is 12.1. The van der Waals surface area contributed by atoms with E-state index in [-0.39, 0.29) is 0 Å². The lowest BCUT2D eigenvalue weighted by atomic mass is 9.88. The molecule has 1 fully saturated rings. The summed E-state index contributed by atoms with van der Waals surface area (Å²) in [5.74, 6) is 3.51. The highest BCUT2D eigenvalue weighted by atomic mass is 32.2. The van der Waals surface area contributed by atoms with E-state index >= 15 is 0 Å². The fourth-order valence-electron chi connectivity index (χ4n) is 4.28. The molecule has 4 rings (SSSR count). The quantitative estimate of drug-likeness (QED) is 0.294. The minimum absolute atomic E-state index is 0.489. The number of rotatable bonds is 9. The highest BCUT2D eigenvalue weighted by Gasteiger charge is 2.25. The van der Waals surface area contributed by atoms with Crippen molar-refractivity contribution in [2.75, 3.05) is 12.9 Å². The number of aryl methyl sites for hydroxylation is 1. The number of hydrogen-bond donors (Lipinski definition) is 0. The summed E-state index contributed by atoms with van der Waals surface area (Å²) in [6.07, 6.45) is 9.80. The highest BCUT2D eigenvalue weighted by molar-refractivity contribution is 7.99. The van der Waals surface area contributed by atoms with Crippen LogP contribution in [0, 0.1) is 0 Å². The van der Waals surface area contributed by atoms with E-state index in [9.17, 15) is 0 Å². The number of nitrogens with zero attached hydrogens (tertiary/aromatic N) is 3. The summed E-state index contributed by atoms with van der Waals surface area (Å²) in [6, 6.07) is 19.0. The summed E-state index contributed by atoms with van der Waals surface area (Å²) < 4.78 is 7.93. The van der Waals surface area contributed by atoms with Gasteiger partial charge in [-0.15, -0.1) is 10.2 Å². The smallest absolute Gasteiger partial charge is 0.195 e. The highest BCUT2D eigenvalue weighted by Crippen LogP contribution is 2.37. The molecule has 1 aromatic heterocycles. The molecule has 1 aliphatic carbocycles. The Morgan fingerprint density at radius 3 is 2.50 bits per heavy atom. The summed E-state index contributed by atoms with van der Waals surface area (Å²) in [5.41, 5.74) is 2.47. The van der Waals surface area contributed by atoms with Gasteiger partial charge in [0.25, 0.3) is 0 Å². The summed E-state index contributed by atoms with van der Waals surface area (Å²) in [5, 5.41) is 10.3. The largest absolute Gasteiger partial charge is 0.495 e. The first-order chi connectivity index (χ1) is 14.9. The van der Waals surface area contributed by atoms with E-state index in [0.29, 0.717) is 5.92 Å². The van der Waals surface area contributed by atoms with Crippen LogP contribution < -0.4 is 4.74 Å². The summed E-state index contributed by atoms with van der Waals surface area (Å²) >= 11 is 1.81. The van der Waals surface area contributed by atoms with Crippen LogP contribution >= 0.6 is 11.8 Å². The molecule has 158 valence electrons. The Hall–Kier alpha value is -2.27. The molecule has 1 heterocycles. The Kier molecular flexibility index (Phi) is 7.46. The van der Waals surface area contributed by atoms with Gasteiger partial charge in [0, 0.05) is 11.7 Å². The van der Waals surface area contributed by atoms with Gasteiger partial charge in [-0.1, -0.05) is 73.5 Å². The van der Waals surface area contributed by atoms with E-state index in [0.717, 1.165) is 41.0 Å². The minimum atomic E-state index is 0.489. The van der Waals surface area contributed by atoms with E-state index in [1.54, 1.807) is 7.11 Å². The van der Waals surface area contributed by atoms with Crippen LogP contribution in [-0.2, 0) is 6.42 Å². The molecule has 5 heteroatoms. The van der Waals surface area contributed by atoms with Gasteiger partial charge in [0.1, 0.15) is 11.6 Å². The lowest BCUT2D eigenvalue weighted by Gasteiger charge is -2.22. The van der Waals surface area contributed by atoms with E-state index in [1.807, 2.05) is 23.9 Å². The van der Waals surface area contributed by atoms with Crippen LogP contribution in [0.2, 0.25) is 0 Å². The molecule has 0 saturated heterocycles. The minimum Gasteiger partial charge on any atom is -0.495 e. The maximum atomic E-state index is 5.67.